The standard InChI is InChI=1S/C20H23ClF2N6O/c1-29(25)28-18(24)13-4-2-12(3-5-13)17(14-8-9-20(22,23)10-14)19(30)27-16-7-6-15(21)11-26-16/h2-7,11,14,17H,8-10,25H2,1H3,(H2,24,28)(H,26,27,30). The Kier molecular flexibility index (Phi) is 6.52. The molecule has 10 heteroatoms. The van der Waals surface area contributed by atoms with Crippen LogP contribution in [0.4, 0.5) is 14.6 Å². The molecule has 2 aromatic rings. The van der Waals surface area contributed by atoms with E-state index >= 15 is 0 Å². The van der Waals surface area contributed by atoms with Crippen molar-refractivity contribution >= 4 is 29.2 Å². The largest absolute Gasteiger partial charge is 0.382 e. The van der Waals surface area contributed by atoms with Gasteiger partial charge in [0.1, 0.15) is 5.82 Å². The number of nitrogens with two attached hydrogens (primary N) is 2. The summed E-state index contributed by atoms with van der Waals surface area (Å²) in [5, 5.41) is 8.15. The molecule has 0 bridgehead atoms. The van der Waals surface area contributed by atoms with Gasteiger partial charge in [-0.25, -0.2) is 24.7 Å². The van der Waals surface area contributed by atoms with Crippen LogP contribution in [0.3, 0.4) is 0 Å². The van der Waals surface area contributed by atoms with E-state index in [9.17, 15) is 13.6 Å². The number of amides is 1. The summed E-state index contributed by atoms with van der Waals surface area (Å²) in [6.45, 7) is 0. The highest BCUT2D eigenvalue weighted by Gasteiger charge is 2.45. The number of benzene rings is 1. The van der Waals surface area contributed by atoms with Crippen LogP contribution in [0.5, 0.6) is 0 Å². The zero-order chi connectivity index (χ0) is 21.9. The van der Waals surface area contributed by atoms with Crippen LogP contribution in [0.2, 0.25) is 5.02 Å². The average Bonchev–Trinajstić information content (AvgIpc) is 3.03. The molecule has 2 unspecified atom stereocenters. The van der Waals surface area contributed by atoms with Crippen molar-refractivity contribution in [1.82, 2.24) is 10.1 Å². The number of carbonyl (C=O) groups excluding carboxylic acids is 1. The number of hydrazone groups is 1. The fourth-order valence-electron chi connectivity index (χ4n) is 3.65. The van der Waals surface area contributed by atoms with Crippen molar-refractivity contribution in [3.05, 3.63) is 58.7 Å². The molecule has 7 nitrogen and oxygen atoms in total. The third-order valence-electron chi connectivity index (χ3n) is 5.01. The van der Waals surface area contributed by atoms with Crippen LogP contribution in [-0.4, -0.2) is 34.8 Å². The van der Waals surface area contributed by atoms with E-state index < -0.39 is 23.7 Å². The molecule has 3 rings (SSSR count). The molecular formula is C20H23ClF2N6O. The normalized spacial score (nSPS) is 19.4. The van der Waals surface area contributed by atoms with Crippen LogP contribution >= 0.6 is 11.6 Å². The minimum atomic E-state index is -2.77. The summed E-state index contributed by atoms with van der Waals surface area (Å²) < 4.78 is 27.8. The van der Waals surface area contributed by atoms with Crippen molar-refractivity contribution < 1.29 is 13.6 Å². The van der Waals surface area contributed by atoms with Gasteiger partial charge in [-0.15, -0.1) is 5.10 Å². The number of amidine groups is 1. The highest BCUT2D eigenvalue weighted by Crippen LogP contribution is 2.45. The van der Waals surface area contributed by atoms with E-state index in [1.165, 1.54) is 13.2 Å². The van der Waals surface area contributed by atoms with Crippen LogP contribution in [-0.2, 0) is 4.79 Å². The first kappa shape index (κ1) is 21.9. The maximum atomic E-state index is 13.9. The number of hydrazine groups is 1. The maximum absolute atomic E-state index is 13.9. The molecule has 5 N–H and O–H groups in total. The van der Waals surface area contributed by atoms with Crippen LogP contribution in [0.15, 0.2) is 47.7 Å². The van der Waals surface area contributed by atoms with E-state index in [0.717, 1.165) is 5.12 Å². The van der Waals surface area contributed by atoms with Crippen molar-refractivity contribution in [2.24, 2.45) is 22.6 Å². The predicted molar refractivity (Wildman–Crippen MR) is 112 cm³/mol. The molecule has 1 aromatic heterocycles. The Morgan fingerprint density at radius 3 is 2.57 bits per heavy atom. The van der Waals surface area contributed by atoms with Gasteiger partial charge in [-0.05, 0) is 30.0 Å². The molecule has 1 aliphatic carbocycles. The summed E-state index contributed by atoms with van der Waals surface area (Å²) in [5.41, 5.74) is 7.10. The van der Waals surface area contributed by atoms with Crippen molar-refractivity contribution in [2.45, 2.75) is 31.1 Å². The van der Waals surface area contributed by atoms with Gasteiger partial charge in [0.05, 0.1) is 10.9 Å². The van der Waals surface area contributed by atoms with Crippen molar-refractivity contribution in [3.8, 4) is 0 Å². The number of hydrogen-bond donors (Lipinski definition) is 3. The van der Waals surface area contributed by atoms with Gasteiger partial charge in [0, 0.05) is 31.6 Å². The number of carbonyl (C=O) groups is 1. The number of nitrogens with zero attached hydrogens (tertiary/aromatic N) is 3. The number of anilines is 1. The van der Waals surface area contributed by atoms with E-state index in [0.29, 0.717) is 22.0 Å². The summed E-state index contributed by atoms with van der Waals surface area (Å²) in [6, 6.07) is 9.92. The summed E-state index contributed by atoms with van der Waals surface area (Å²) in [4.78, 5) is 17.1. The Balaban J connectivity index is 1.87. The topological polar surface area (TPSA) is 110 Å². The minimum absolute atomic E-state index is 0.199. The second-order valence-corrected chi connectivity index (χ2v) is 7.80. The molecule has 30 heavy (non-hydrogen) atoms. The van der Waals surface area contributed by atoms with Crippen LogP contribution in [0.25, 0.3) is 0 Å². The highest BCUT2D eigenvalue weighted by atomic mass is 35.5. The number of pyridine rings is 1. The number of aromatic nitrogens is 1. The molecule has 0 aliphatic heterocycles. The fourth-order valence-corrected chi connectivity index (χ4v) is 3.76. The van der Waals surface area contributed by atoms with Crippen LogP contribution in [0.1, 0.15) is 36.3 Å². The molecule has 1 heterocycles. The molecule has 1 aliphatic rings. The number of halogens is 3. The zero-order valence-electron chi connectivity index (χ0n) is 16.4. The fraction of sp³-hybridized carbons (Fsp3) is 0.350. The number of hydrogen-bond acceptors (Lipinski definition) is 5. The molecule has 1 aromatic carbocycles. The second-order valence-electron chi connectivity index (χ2n) is 7.37. The summed E-state index contributed by atoms with van der Waals surface area (Å²) in [7, 11) is 1.53. The van der Waals surface area contributed by atoms with Crippen molar-refractivity contribution in [1.29, 1.82) is 0 Å². The molecular weight excluding hydrogens is 414 g/mol. The smallest absolute Gasteiger partial charge is 0.248 e. The van der Waals surface area contributed by atoms with E-state index in [4.69, 9.17) is 23.2 Å². The first-order valence-corrected chi connectivity index (χ1v) is 9.75. The van der Waals surface area contributed by atoms with Gasteiger partial charge >= 0.3 is 0 Å². The molecule has 160 valence electrons. The van der Waals surface area contributed by atoms with Gasteiger partial charge in [-0.1, -0.05) is 35.9 Å². The summed E-state index contributed by atoms with van der Waals surface area (Å²) in [6.07, 6.45) is 1.08. The lowest BCUT2D eigenvalue weighted by atomic mass is 9.83. The van der Waals surface area contributed by atoms with Gasteiger partial charge in [-0.2, -0.15) is 0 Å². The first-order valence-electron chi connectivity index (χ1n) is 9.38. The SMILES string of the molecule is CN(N)/N=C(\N)c1ccc(C(C(=O)Nc2ccc(Cl)cn2)C2CCC(F)(F)C2)cc1. The molecule has 0 saturated heterocycles. The van der Waals surface area contributed by atoms with Gasteiger partial charge in [-0.3, -0.25) is 4.79 Å². The maximum Gasteiger partial charge on any atom is 0.248 e. The van der Waals surface area contributed by atoms with Gasteiger partial charge < -0.3 is 11.1 Å². The molecule has 0 spiro atoms. The third-order valence-corrected chi connectivity index (χ3v) is 5.23. The lowest BCUT2D eigenvalue weighted by molar-refractivity contribution is -0.118. The van der Waals surface area contributed by atoms with Gasteiger partial charge in [0.2, 0.25) is 11.8 Å². The average molecular weight is 437 g/mol. The minimum Gasteiger partial charge on any atom is -0.382 e. The van der Waals surface area contributed by atoms with Crippen LogP contribution < -0.4 is 16.9 Å². The molecule has 2 atom stereocenters. The van der Waals surface area contributed by atoms with Gasteiger partial charge in [0.15, 0.2) is 5.84 Å². The Morgan fingerprint density at radius 2 is 2.03 bits per heavy atom. The summed E-state index contributed by atoms with van der Waals surface area (Å²) in [5.74, 6) is 1.53. The number of nitrogens with one attached hydrogen (secondary N) is 1. The summed E-state index contributed by atoms with van der Waals surface area (Å²) >= 11 is 5.82. The Bertz CT molecular complexity index is 918. The molecule has 1 saturated carbocycles. The van der Waals surface area contributed by atoms with E-state index in [2.05, 4.69) is 15.4 Å². The van der Waals surface area contributed by atoms with Gasteiger partial charge in [0.25, 0.3) is 0 Å². The van der Waals surface area contributed by atoms with Crippen molar-refractivity contribution in [3.63, 3.8) is 0 Å². The lowest BCUT2D eigenvalue weighted by Crippen LogP contribution is -2.28. The monoisotopic (exact) mass is 436 g/mol. The molecule has 1 amide bonds. The number of rotatable bonds is 6. The third kappa shape index (κ3) is 5.43. The van der Waals surface area contributed by atoms with Crippen molar-refractivity contribution in [2.75, 3.05) is 12.4 Å². The zero-order valence-corrected chi connectivity index (χ0v) is 17.1. The van der Waals surface area contributed by atoms with E-state index in [1.807, 2.05) is 0 Å². The number of alkyl halides is 2. The molecule has 0 radical (unpaired) electrons. The van der Waals surface area contributed by atoms with E-state index in [1.54, 1.807) is 36.4 Å². The lowest BCUT2D eigenvalue weighted by Gasteiger charge is -2.23. The Labute approximate surface area is 178 Å². The molecule has 1 fully saturated rings. The quantitative estimate of drug-likeness (QED) is 0.278. The Morgan fingerprint density at radius 1 is 1.33 bits per heavy atom. The second kappa shape index (κ2) is 8.93. The van der Waals surface area contributed by atoms with E-state index in [-0.39, 0.29) is 25.1 Å². The Hall–Kier alpha value is -2.78. The first-order chi connectivity index (χ1) is 14.1. The van der Waals surface area contributed by atoms with Crippen LogP contribution in [0, 0.1) is 5.92 Å². The predicted octanol–water partition coefficient (Wildman–Crippen LogP) is 3.32. The highest BCUT2D eigenvalue weighted by molar-refractivity contribution is 6.30.